The van der Waals surface area contributed by atoms with Crippen LogP contribution in [0.4, 0.5) is 11.4 Å². The van der Waals surface area contributed by atoms with Crippen molar-refractivity contribution in [2.75, 3.05) is 45.7 Å². The number of benzene rings is 2. The van der Waals surface area contributed by atoms with Gasteiger partial charge in [-0.3, -0.25) is 19.7 Å². The van der Waals surface area contributed by atoms with Crippen molar-refractivity contribution in [3.8, 4) is 11.5 Å². The fourth-order valence-corrected chi connectivity index (χ4v) is 3.83. The number of amides is 2. The highest BCUT2D eigenvalue weighted by Crippen LogP contribution is 2.32. The smallest absolute Gasteiger partial charge is 0.293 e. The van der Waals surface area contributed by atoms with E-state index in [1.807, 2.05) is 0 Å². The maximum absolute atomic E-state index is 13.0. The van der Waals surface area contributed by atoms with Crippen LogP contribution in [0.25, 0.3) is 0 Å². The molecule has 2 fully saturated rings. The topological polar surface area (TPSA) is 114 Å². The minimum absolute atomic E-state index is 0.104. The second kappa shape index (κ2) is 9.35. The number of nitrogens with zero attached hydrogens (tertiary/aromatic N) is 3. The van der Waals surface area contributed by atoms with Crippen LogP contribution in [0.15, 0.2) is 36.4 Å². The minimum atomic E-state index is -0.472. The number of carbonyl (C=O) groups is 2. The molecule has 0 spiro atoms. The first-order valence-corrected chi connectivity index (χ1v) is 10.8. The van der Waals surface area contributed by atoms with Gasteiger partial charge in [0.25, 0.3) is 17.5 Å². The molecule has 1 saturated heterocycles. The molecule has 1 aliphatic carbocycles. The van der Waals surface area contributed by atoms with E-state index in [0.29, 0.717) is 48.9 Å². The number of carbonyl (C=O) groups excluding carboxylic acids is 2. The fraction of sp³-hybridized carbons (Fsp3) is 0.391. The molecule has 0 bridgehead atoms. The highest BCUT2D eigenvalue weighted by Gasteiger charge is 2.29. The Morgan fingerprint density at radius 3 is 2.21 bits per heavy atom. The summed E-state index contributed by atoms with van der Waals surface area (Å²) in [5, 5.41) is 14.6. The van der Waals surface area contributed by atoms with Crippen LogP contribution in [0.2, 0.25) is 0 Å². The molecule has 2 aromatic rings. The number of methoxy groups -OCH3 is 2. The zero-order valence-electron chi connectivity index (χ0n) is 18.6. The average molecular weight is 454 g/mol. The van der Waals surface area contributed by atoms with E-state index in [1.165, 1.54) is 20.3 Å². The van der Waals surface area contributed by atoms with E-state index < -0.39 is 4.92 Å². The van der Waals surface area contributed by atoms with Crippen molar-refractivity contribution in [3.05, 3.63) is 57.6 Å². The number of piperazine rings is 1. The normalized spacial score (nSPS) is 15.7. The predicted molar refractivity (Wildman–Crippen MR) is 121 cm³/mol. The lowest BCUT2D eigenvalue weighted by Gasteiger charge is -2.35. The summed E-state index contributed by atoms with van der Waals surface area (Å²) in [6.45, 7) is 1.37. The Balaban J connectivity index is 1.42. The Bertz CT molecular complexity index is 1080. The third-order valence-electron chi connectivity index (χ3n) is 5.87. The number of nitrogens with one attached hydrogen (secondary N) is 1. The van der Waals surface area contributed by atoms with Gasteiger partial charge in [0.05, 0.1) is 24.7 Å². The van der Waals surface area contributed by atoms with Gasteiger partial charge in [0, 0.05) is 49.9 Å². The molecule has 4 rings (SSSR count). The van der Waals surface area contributed by atoms with Crippen LogP contribution in [0.5, 0.6) is 11.5 Å². The van der Waals surface area contributed by atoms with Crippen LogP contribution in [0, 0.1) is 10.1 Å². The Morgan fingerprint density at radius 2 is 1.64 bits per heavy atom. The number of nitro groups is 1. The van der Waals surface area contributed by atoms with Crippen LogP contribution >= 0.6 is 0 Å². The molecule has 174 valence electrons. The van der Waals surface area contributed by atoms with Crippen LogP contribution in [-0.4, -0.2) is 73.0 Å². The number of rotatable bonds is 7. The van der Waals surface area contributed by atoms with Crippen molar-refractivity contribution in [2.24, 2.45) is 0 Å². The summed E-state index contributed by atoms with van der Waals surface area (Å²) in [7, 11) is 3.03. The third kappa shape index (κ3) is 4.84. The molecule has 2 amide bonds. The summed E-state index contributed by atoms with van der Waals surface area (Å²) in [4.78, 5) is 40.3. The van der Waals surface area contributed by atoms with Crippen LogP contribution < -0.4 is 14.8 Å². The van der Waals surface area contributed by atoms with Gasteiger partial charge in [0.2, 0.25) is 0 Å². The summed E-state index contributed by atoms with van der Waals surface area (Å²) < 4.78 is 10.5. The van der Waals surface area contributed by atoms with Gasteiger partial charge in [-0.05, 0) is 37.1 Å². The van der Waals surface area contributed by atoms with E-state index in [9.17, 15) is 19.7 Å². The van der Waals surface area contributed by atoms with Crippen LogP contribution in [0.3, 0.4) is 0 Å². The molecule has 1 N–H and O–H groups in total. The Kier molecular flexibility index (Phi) is 6.34. The summed E-state index contributed by atoms with van der Waals surface area (Å²) in [5.41, 5.74) is 1.02. The van der Waals surface area contributed by atoms with E-state index in [2.05, 4.69) is 5.32 Å². The average Bonchev–Trinajstić information content (AvgIpc) is 3.67. The quantitative estimate of drug-likeness (QED) is 0.505. The molecule has 10 nitrogen and oxygen atoms in total. The summed E-state index contributed by atoms with van der Waals surface area (Å²) >= 11 is 0. The number of anilines is 1. The Hall–Kier alpha value is -3.82. The highest BCUT2D eigenvalue weighted by molar-refractivity contribution is 5.98. The standard InChI is InChI=1S/C23H26N4O6/c1-32-17-6-7-18(21(14-17)33-2)23(29)26-11-9-25(10-12-26)22(28)15-3-8-19(24-16-4-5-16)20(13-15)27(30)31/h3,6-8,13-14,16,24H,4-5,9-12H2,1-2H3. The van der Waals surface area contributed by atoms with E-state index in [0.717, 1.165) is 12.8 Å². The van der Waals surface area contributed by atoms with Gasteiger partial charge >= 0.3 is 0 Å². The molecule has 0 unspecified atom stereocenters. The van der Waals surface area contributed by atoms with Gasteiger partial charge in [-0.1, -0.05) is 0 Å². The minimum Gasteiger partial charge on any atom is -0.497 e. The van der Waals surface area contributed by atoms with Gasteiger partial charge in [0.15, 0.2) is 0 Å². The molecular weight excluding hydrogens is 428 g/mol. The molecule has 10 heteroatoms. The second-order valence-electron chi connectivity index (χ2n) is 8.06. The molecule has 0 aromatic heterocycles. The lowest BCUT2D eigenvalue weighted by atomic mass is 10.1. The fourth-order valence-electron chi connectivity index (χ4n) is 3.83. The molecular formula is C23H26N4O6. The summed E-state index contributed by atoms with van der Waals surface area (Å²) in [6.07, 6.45) is 1.98. The number of nitro benzene ring substituents is 1. The number of ether oxygens (including phenoxy) is 2. The molecule has 2 aromatic carbocycles. The van der Waals surface area contributed by atoms with Crippen molar-refractivity contribution < 1.29 is 24.0 Å². The maximum atomic E-state index is 13.0. The molecule has 2 aliphatic rings. The summed E-state index contributed by atoms with van der Waals surface area (Å²) in [6, 6.07) is 9.81. The zero-order chi connectivity index (χ0) is 23.5. The molecule has 0 atom stereocenters. The summed E-state index contributed by atoms with van der Waals surface area (Å²) in [5.74, 6) is 0.536. The van der Waals surface area contributed by atoms with Crippen LogP contribution in [0.1, 0.15) is 33.6 Å². The first-order chi connectivity index (χ1) is 15.9. The van der Waals surface area contributed by atoms with Crippen LogP contribution in [-0.2, 0) is 0 Å². The van der Waals surface area contributed by atoms with Crippen molar-refractivity contribution >= 4 is 23.2 Å². The van der Waals surface area contributed by atoms with Gasteiger partial charge in [-0.2, -0.15) is 0 Å². The molecule has 1 heterocycles. The Morgan fingerprint density at radius 1 is 0.970 bits per heavy atom. The molecule has 33 heavy (non-hydrogen) atoms. The molecule has 1 aliphatic heterocycles. The maximum Gasteiger partial charge on any atom is 0.293 e. The lowest BCUT2D eigenvalue weighted by molar-refractivity contribution is -0.384. The first kappa shape index (κ1) is 22.4. The van der Waals surface area contributed by atoms with Crippen molar-refractivity contribution in [1.82, 2.24) is 9.80 Å². The van der Waals surface area contributed by atoms with Gasteiger partial charge in [0.1, 0.15) is 17.2 Å². The third-order valence-corrected chi connectivity index (χ3v) is 5.87. The Labute approximate surface area is 191 Å². The van der Waals surface area contributed by atoms with Gasteiger partial charge in [-0.15, -0.1) is 0 Å². The van der Waals surface area contributed by atoms with Gasteiger partial charge in [-0.25, -0.2) is 0 Å². The van der Waals surface area contributed by atoms with E-state index >= 15 is 0 Å². The van der Waals surface area contributed by atoms with Crippen molar-refractivity contribution in [2.45, 2.75) is 18.9 Å². The van der Waals surface area contributed by atoms with E-state index in [4.69, 9.17) is 9.47 Å². The largest absolute Gasteiger partial charge is 0.497 e. The molecule has 0 radical (unpaired) electrons. The van der Waals surface area contributed by atoms with E-state index in [-0.39, 0.29) is 29.1 Å². The highest BCUT2D eigenvalue weighted by atomic mass is 16.6. The monoisotopic (exact) mass is 454 g/mol. The first-order valence-electron chi connectivity index (χ1n) is 10.8. The number of hydrogen-bond donors (Lipinski definition) is 1. The van der Waals surface area contributed by atoms with E-state index in [1.54, 1.807) is 40.1 Å². The molecule has 1 saturated carbocycles. The lowest BCUT2D eigenvalue weighted by Crippen LogP contribution is -2.50. The predicted octanol–water partition coefficient (Wildman–Crippen LogP) is 2.78. The van der Waals surface area contributed by atoms with Gasteiger partial charge < -0.3 is 24.6 Å². The number of hydrogen-bond acceptors (Lipinski definition) is 7. The SMILES string of the molecule is COc1ccc(C(=O)N2CCN(C(=O)c3ccc(NC4CC4)c([N+](=O)[O-])c3)CC2)c(OC)c1. The van der Waals surface area contributed by atoms with Crippen molar-refractivity contribution in [1.29, 1.82) is 0 Å². The second-order valence-corrected chi connectivity index (χ2v) is 8.06. The zero-order valence-corrected chi connectivity index (χ0v) is 18.6. The van der Waals surface area contributed by atoms with Crippen molar-refractivity contribution in [3.63, 3.8) is 0 Å².